The van der Waals surface area contributed by atoms with Crippen molar-refractivity contribution in [3.63, 3.8) is 0 Å². The number of rotatable bonds is 4. The van der Waals surface area contributed by atoms with Gasteiger partial charge in [-0.3, -0.25) is 9.78 Å². The molecule has 0 atom stereocenters. The fourth-order valence-corrected chi connectivity index (χ4v) is 4.18. The number of nitrogens with zero attached hydrogens (tertiary/aromatic N) is 1. The van der Waals surface area contributed by atoms with E-state index in [2.05, 4.69) is 10.3 Å². The third kappa shape index (κ3) is 4.12. The van der Waals surface area contributed by atoms with E-state index in [4.69, 9.17) is 11.6 Å². The molecule has 134 valence electrons. The van der Waals surface area contributed by atoms with E-state index in [1.807, 2.05) is 24.4 Å². The molecule has 0 aliphatic rings. The maximum absolute atomic E-state index is 12.5. The smallest absolute Gasteiger partial charge is 0.265 e. The lowest BCUT2D eigenvalue weighted by Crippen LogP contribution is -2.11. The molecular formula is C18H15ClN2O3S2. The first kappa shape index (κ1) is 18.6. The van der Waals surface area contributed by atoms with Crippen LogP contribution in [0.3, 0.4) is 0 Å². The summed E-state index contributed by atoms with van der Waals surface area (Å²) in [7, 11) is -3.43. The fraction of sp³-hybridized carbons (Fsp3) is 0.111. The van der Waals surface area contributed by atoms with Gasteiger partial charge in [0.05, 0.1) is 15.5 Å². The first-order valence-corrected chi connectivity index (χ1v) is 10.7. The van der Waals surface area contributed by atoms with Crippen molar-refractivity contribution in [3.8, 4) is 11.3 Å². The van der Waals surface area contributed by atoms with Gasteiger partial charge >= 0.3 is 0 Å². The van der Waals surface area contributed by atoms with E-state index >= 15 is 0 Å². The molecule has 0 aliphatic heterocycles. The zero-order valence-electron chi connectivity index (χ0n) is 14.0. The normalized spacial score (nSPS) is 11.3. The molecule has 0 fully saturated rings. The highest BCUT2D eigenvalue weighted by Gasteiger charge is 2.15. The van der Waals surface area contributed by atoms with Crippen LogP contribution in [0.1, 0.15) is 15.2 Å². The van der Waals surface area contributed by atoms with Gasteiger partial charge in [0.25, 0.3) is 5.91 Å². The molecule has 0 saturated heterocycles. The number of pyridine rings is 1. The molecule has 1 aromatic carbocycles. The quantitative estimate of drug-likeness (QED) is 0.695. The van der Waals surface area contributed by atoms with E-state index < -0.39 is 9.84 Å². The van der Waals surface area contributed by atoms with Gasteiger partial charge in [-0.2, -0.15) is 0 Å². The van der Waals surface area contributed by atoms with Gasteiger partial charge in [0.1, 0.15) is 0 Å². The Bertz CT molecular complexity index is 1090. The van der Waals surface area contributed by atoms with E-state index in [1.165, 1.54) is 29.5 Å². The first-order chi connectivity index (χ1) is 12.2. The Kier molecular flexibility index (Phi) is 5.13. The molecule has 0 aliphatic carbocycles. The summed E-state index contributed by atoms with van der Waals surface area (Å²) in [4.78, 5) is 17.4. The van der Waals surface area contributed by atoms with Crippen molar-refractivity contribution in [2.75, 3.05) is 11.6 Å². The van der Waals surface area contributed by atoms with Crippen LogP contribution in [-0.4, -0.2) is 25.6 Å². The number of nitrogens with one attached hydrogen (secondary N) is 1. The van der Waals surface area contributed by atoms with Gasteiger partial charge in [-0.1, -0.05) is 17.7 Å². The van der Waals surface area contributed by atoms with Crippen LogP contribution in [0.4, 0.5) is 5.69 Å². The predicted molar refractivity (Wildman–Crippen MR) is 105 cm³/mol. The molecule has 0 saturated carbocycles. The Hall–Kier alpha value is -2.22. The fourth-order valence-electron chi connectivity index (χ4n) is 2.41. The molecule has 26 heavy (non-hydrogen) atoms. The number of sulfone groups is 1. The Morgan fingerprint density at radius 3 is 2.69 bits per heavy atom. The summed E-state index contributed by atoms with van der Waals surface area (Å²) in [5, 5.41) is 4.79. The molecule has 2 aromatic heterocycles. The number of anilines is 1. The number of carbonyl (C=O) groups excluding carboxylic acids is 1. The lowest BCUT2D eigenvalue weighted by Gasteiger charge is -2.07. The Morgan fingerprint density at radius 1 is 1.23 bits per heavy atom. The molecule has 8 heteroatoms. The number of halogens is 1. The van der Waals surface area contributed by atoms with Crippen molar-refractivity contribution in [2.45, 2.75) is 11.8 Å². The van der Waals surface area contributed by atoms with E-state index in [9.17, 15) is 13.2 Å². The van der Waals surface area contributed by atoms with Crippen LogP contribution in [-0.2, 0) is 9.84 Å². The molecule has 0 unspecified atom stereocenters. The van der Waals surface area contributed by atoms with Crippen LogP contribution in [0.5, 0.6) is 0 Å². The second-order valence-corrected chi connectivity index (χ2v) is 9.13. The monoisotopic (exact) mass is 406 g/mol. The molecule has 0 radical (unpaired) electrons. The molecule has 0 spiro atoms. The van der Waals surface area contributed by atoms with Gasteiger partial charge in [0.15, 0.2) is 9.84 Å². The molecule has 1 amide bonds. The predicted octanol–water partition coefficient (Wildman–Crippen LogP) is 4.43. The van der Waals surface area contributed by atoms with Crippen LogP contribution in [0.2, 0.25) is 5.02 Å². The van der Waals surface area contributed by atoms with Crippen molar-refractivity contribution >= 4 is 44.4 Å². The number of amides is 1. The van der Waals surface area contributed by atoms with E-state index in [0.29, 0.717) is 10.6 Å². The number of aromatic nitrogens is 1. The maximum atomic E-state index is 12.5. The minimum absolute atomic E-state index is 0.0521. The standard InChI is InChI=1S/C18H15ClN2O3S2/c1-11-4-3-5-20-17(11)12-6-16(25-10-12)18(22)21-14-7-13(19)8-15(9-14)26(2,23)24/h3-10H,1-2H3,(H,21,22). The molecule has 5 nitrogen and oxygen atoms in total. The number of thiophene rings is 1. The number of benzene rings is 1. The summed E-state index contributed by atoms with van der Waals surface area (Å²) < 4.78 is 23.4. The third-order valence-corrected chi connectivity index (χ3v) is 5.90. The van der Waals surface area contributed by atoms with Crippen LogP contribution in [0, 0.1) is 6.92 Å². The Balaban J connectivity index is 1.86. The zero-order valence-corrected chi connectivity index (χ0v) is 16.4. The molecule has 1 N–H and O–H groups in total. The average Bonchev–Trinajstić information content (AvgIpc) is 3.04. The van der Waals surface area contributed by atoms with E-state index in [1.54, 1.807) is 12.3 Å². The van der Waals surface area contributed by atoms with Crippen LogP contribution in [0.25, 0.3) is 11.3 Å². The topological polar surface area (TPSA) is 76.1 Å². The SMILES string of the molecule is Cc1cccnc1-c1csc(C(=O)Nc2cc(Cl)cc(S(C)(=O)=O)c2)c1. The van der Waals surface area contributed by atoms with Crippen molar-refractivity contribution in [1.29, 1.82) is 0 Å². The summed E-state index contributed by atoms with van der Waals surface area (Å²) in [6.45, 7) is 1.96. The third-order valence-electron chi connectivity index (χ3n) is 3.66. The zero-order chi connectivity index (χ0) is 18.9. The second kappa shape index (κ2) is 7.19. The van der Waals surface area contributed by atoms with E-state index in [-0.39, 0.29) is 15.8 Å². The molecular weight excluding hydrogens is 392 g/mol. The van der Waals surface area contributed by atoms with Crippen molar-refractivity contribution in [3.05, 3.63) is 63.4 Å². The first-order valence-electron chi connectivity index (χ1n) is 7.56. The highest BCUT2D eigenvalue weighted by Crippen LogP contribution is 2.28. The lowest BCUT2D eigenvalue weighted by molar-refractivity contribution is 0.103. The van der Waals surface area contributed by atoms with Gasteiger partial charge in [-0.15, -0.1) is 11.3 Å². The number of hydrogen-bond donors (Lipinski definition) is 1. The minimum atomic E-state index is -3.43. The summed E-state index contributed by atoms with van der Waals surface area (Å²) in [5.41, 5.74) is 3.03. The van der Waals surface area contributed by atoms with Gasteiger partial charge in [0, 0.05) is 34.1 Å². The Morgan fingerprint density at radius 2 is 2.00 bits per heavy atom. The van der Waals surface area contributed by atoms with Crippen molar-refractivity contribution < 1.29 is 13.2 Å². The van der Waals surface area contributed by atoms with Gasteiger partial charge in [0.2, 0.25) is 0 Å². The summed E-state index contributed by atoms with van der Waals surface area (Å²) >= 11 is 7.26. The number of hydrogen-bond acceptors (Lipinski definition) is 5. The van der Waals surface area contributed by atoms with Crippen LogP contribution < -0.4 is 5.32 Å². The highest BCUT2D eigenvalue weighted by atomic mass is 35.5. The molecule has 2 heterocycles. The van der Waals surface area contributed by atoms with E-state index in [0.717, 1.165) is 23.1 Å². The highest BCUT2D eigenvalue weighted by molar-refractivity contribution is 7.90. The number of carbonyl (C=O) groups is 1. The lowest BCUT2D eigenvalue weighted by atomic mass is 10.1. The van der Waals surface area contributed by atoms with Crippen LogP contribution in [0.15, 0.2) is 52.9 Å². The van der Waals surface area contributed by atoms with Gasteiger partial charge < -0.3 is 5.32 Å². The second-order valence-electron chi connectivity index (χ2n) is 5.77. The summed E-state index contributed by atoms with van der Waals surface area (Å²) in [6, 6.07) is 9.81. The molecule has 3 rings (SSSR count). The average molecular weight is 407 g/mol. The van der Waals surface area contributed by atoms with Crippen molar-refractivity contribution in [2.24, 2.45) is 0 Å². The number of aryl methyl sites for hydroxylation is 1. The van der Waals surface area contributed by atoms with Gasteiger partial charge in [-0.05, 0) is 42.8 Å². The van der Waals surface area contributed by atoms with Crippen molar-refractivity contribution in [1.82, 2.24) is 4.98 Å². The maximum Gasteiger partial charge on any atom is 0.265 e. The Labute approximate surface area is 160 Å². The molecule has 3 aromatic rings. The molecule has 0 bridgehead atoms. The minimum Gasteiger partial charge on any atom is -0.321 e. The summed E-state index contributed by atoms with van der Waals surface area (Å²) in [6.07, 6.45) is 2.80. The van der Waals surface area contributed by atoms with Crippen LogP contribution >= 0.6 is 22.9 Å². The largest absolute Gasteiger partial charge is 0.321 e. The van der Waals surface area contributed by atoms with Gasteiger partial charge in [-0.25, -0.2) is 8.42 Å². The summed E-state index contributed by atoms with van der Waals surface area (Å²) in [5.74, 6) is -0.337.